The summed E-state index contributed by atoms with van der Waals surface area (Å²) in [5, 5.41) is 8.39. The van der Waals surface area contributed by atoms with Crippen LogP contribution in [0.15, 0.2) is 0 Å². The second-order valence-electron chi connectivity index (χ2n) is 3.56. The number of hydrogen-bond acceptors (Lipinski definition) is 3. The lowest BCUT2D eigenvalue weighted by atomic mass is 10.1. The third kappa shape index (κ3) is 6.05. The van der Waals surface area contributed by atoms with Gasteiger partial charge in [-0.1, -0.05) is 0 Å². The molecular formula is C8H12F6N2O2. The number of hydrogen-bond donors (Lipinski definition) is 3. The first-order chi connectivity index (χ1) is 7.96. The molecule has 0 rings (SSSR count). The van der Waals surface area contributed by atoms with Crippen molar-refractivity contribution >= 4 is 5.97 Å². The van der Waals surface area contributed by atoms with Crippen LogP contribution in [0.4, 0.5) is 26.3 Å². The molecule has 0 fully saturated rings. The van der Waals surface area contributed by atoms with E-state index in [1.54, 1.807) is 0 Å². The molecule has 0 saturated heterocycles. The first kappa shape index (κ1) is 17.0. The van der Waals surface area contributed by atoms with Crippen molar-refractivity contribution in [2.75, 3.05) is 6.54 Å². The van der Waals surface area contributed by atoms with Gasteiger partial charge < -0.3 is 5.11 Å². The molecule has 0 saturated carbocycles. The molecule has 0 aromatic carbocycles. The van der Waals surface area contributed by atoms with E-state index in [-0.39, 0.29) is 0 Å². The molecule has 3 N–H and O–H groups in total. The Hall–Kier alpha value is -1.03. The zero-order valence-electron chi connectivity index (χ0n) is 9.19. The predicted molar refractivity (Wildman–Crippen MR) is 48.5 cm³/mol. The highest BCUT2D eigenvalue weighted by Crippen LogP contribution is 2.40. The van der Waals surface area contributed by atoms with Crippen LogP contribution >= 0.6 is 0 Å². The SMILES string of the molecule is C[C@H](NNCCC(C(F)(F)F)C(F)(F)F)C(=O)O. The monoisotopic (exact) mass is 282 g/mol. The number of hydrazine groups is 1. The maximum Gasteiger partial charge on any atom is 0.400 e. The molecule has 0 radical (unpaired) electrons. The van der Waals surface area contributed by atoms with Crippen molar-refractivity contribution in [3.63, 3.8) is 0 Å². The van der Waals surface area contributed by atoms with E-state index in [9.17, 15) is 31.1 Å². The summed E-state index contributed by atoms with van der Waals surface area (Å²) in [4.78, 5) is 10.3. The third-order valence-corrected chi connectivity index (χ3v) is 2.04. The number of rotatable bonds is 6. The molecule has 0 amide bonds. The molecule has 18 heavy (non-hydrogen) atoms. The highest BCUT2D eigenvalue weighted by molar-refractivity contribution is 5.72. The topological polar surface area (TPSA) is 61.4 Å². The molecule has 4 nitrogen and oxygen atoms in total. The van der Waals surface area contributed by atoms with Gasteiger partial charge in [-0.05, 0) is 13.3 Å². The Morgan fingerprint density at radius 3 is 1.94 bits per heavy atom. The summed E-state index contributed by atoms with van der Waals surface area (Å²) in [7, 11) is 0. The van der Waals surface area contributed by atoms with Crippen molar-refractivity contribution in [3.8, 4) is 0 Å². The lowest BCUT2D eigenvalue weighted by Crippen LogP contribution is -2.46. The Morgan fingerprint density at radius 2 is 1.61 bits per heavy atom. The van der Waals surface area contributed by atoms with E-state index in [0.717, 1.165) is 0 Å². The molecule has 0 unspecified atom stereocenters. The Bertz CT molecular complexity index is 264. The number of alkyl halides is 6. The summed E-state index contributed by atoms with van der Waals surface area (Å²) in [6, 6.07) is -1.12. The van der Waals surface area contributed by atoms with E-state index in [4.69, 9.17) is 5.11 Å². The molecule has 0 bridgehead atoms. The van der Waals surface area contributed by atoms with Gasteiger partial charge in [-0.2, -0.15) is 26.3 Å². The van der Waals surface area contributed by atoms with E-state index in [1.165, 1.54) is 6.92 Å². The zero-order valence-corrected chi connectivity index (χ0v) is 9.19. The van der Waals surface area contributed by atoms with Crippen LogP contribution in [-0.4, -0.2) is 36.0 Å². The van der Waals surface area contributed by atoms with Crippen LogP contribution in [0.3, 0.4) is 0 Å². The summed E-state index contributed by atoms with van der Waals surface area (Å²) in [6.45, 7) is 0.516. The molecule has 0 aromatic rings. The summed E-state index contributed by atoms with van der Waals surface area (Å²) in [6.07, 6.45) is -12.0. The minimum Gasteiger partial charge on any atom is -0.480 e. The smallest absolute Gasteiger partial charge is 0.400 e. The Kier molecular flexibility index (Phi) is 5.87. The minimum atomic E-state index is -5.38. The number of aliphatic carboxylic acids is 1. The van der Waals surface area contributed by atoms with Crippen LogP contribution in [0.2, 0.25) is 0 Å². The van der Waals surface area contributed by atoms with Gasteiger partial charge in [-0.25, -0.2) is 5.43 Å². The lowest BCUT2D eigenvalue weighted by molar-refractivity contribution is -0.285. The first-order valence-corrected chi connectivity index (χ1v) is 4.81. The van der Waals surface area contributed by atoms with Crippen LogP contribution in [0.1, 0.15) is 13.3 Å². The van der Waals surface area contributed by atoms with Crippen molar-refractivity contribution in [2.45, 2.75) is 31.7 Å². The van der Waals surface area contributed by atoms with Crippen LogP contribution < -0.4 is 10.9 Å². The quantitative estimate of drug-likeness (QED) is 0.394. The van der Waals surface area contributed by atoms with Crippen molar-refractivity contribution in [2.24, 2.45) is 5.92 Å². The van der Waals surface area contributed by atoms with Gasteiger partial charge in [0.05, 0.1) is 0 Å². The fourth-order valence-corrected chi connectivity index (χ4v) is 1.02. The van der Waals surface area contributed by atoms with E-state index in [1.807, 2.05) is 5.43 Å². The fraction of sp³-hybridized carbons (Fsp3) is 0.875. The van der Waals surface area contributed by atoms with E-state index < -0.39 is 43.2 Å². The normalized spacial score (nSPS) is 14.9. The van der Waals surface area contributed by atoms with Gasteiger partial charge in [0, 0.05) is 6.54 Å². The van der Waals surface area contributed by atoms with E-state index >= 15 is 0 Å². The standard InChI is InChI=1S/C8H12F6N2O2/c1-4(6(17)18)16-15-3-2-5(7(9,10)11)8(12,13)14/h4-5,15-16H,2-3H2,1H3,(H,17,18)/t4-/m0/s1. The van der Waals surface area contributed by atoms with Gasteiger partial charge in [0.2, 0.25) is 0 Å². The van der Waals surface area contributed by atoms with Gasteiger partial charge in [-0.3, -0.25) is 10.2 Å². The number of nitrogens with one attached hydrogen (secondary N) is 2. The molecule has 0 aliphatic rings. The van der Waals surface area contributed by atoms with Crippen molar-refractivity contribution in [1.29, 1.82) is 0 Å². The molecule has 1 atom stereocenters. The minimum absolute atomic E-state index is 0.665. The molecule has 0 heterocycles. The number of carboxylic acid groups (broad SMARTS) is 1. The summed E-state index contributed by atoms with van der Waals surface area (Å²) < 4.78 is 72.4. The molecule has 10 heteroatoms. The van der Waals surface area contributed by atoms with Gasteiger partial charge in [0.25, 0.3) is 0 Å². The van der Waals surface area contributed by atoms with Gasteiger partial charge in [-0.15, -0.1) is 0 Å². The number of carboxylic acids is 1. The highest BCUT2D eigenvalue weighted by Gasteiger charge is 2.55. The van der Waals surface area contributed by atoms with Gasteiger partial charge >= 0.3 is 18.3 Å². The van der Waals surface area contributed by atoms with Crippen LogP contribution in [0.25, 0.3) is 0 Å². The van der Waals surface area contributed by atoms with Crippen molar-refractivity contribution in [3.05, 3.63) is 0 Å². The highest BCUT2D eigenvalue weighted by atomic mass is 19.4. The molecule has 0 aliphatic carbocycles. The summed E-state index contributed by atoms with van der Waals surface area (Å²) >= 11 is 0. The Labute approximate surface area is 98.3 Å². The largest absolute Gasteiger partial charge is 0.480 e. The second-order valence-corrected chi connectivity index (χ2v) is 3.56. The Balaban J connectivity index is 4.19. The number of halogens is 6. The van der Waals surface area contributed by atoms with Crippen LogP contribution in [0, 0.1) is 5.92 Å². The molecule has 0 aromatic heterocycles. The third-order valence-electron chi connectivity index (χ3n) is 2.04. The van der Waals surface area contributed by atoms with Gasteiger partial charge in [0.15, 0.2) is 5.92 Å². The first-order valence-electron chi connectivity index (χ1n) is 4.81. The van der Waals surface area contributed by atoms with Crippen LogP contribution in [0.5, 0.6) is 0 Å². The average Bonchev–Trinajstić information content (AvgIpc) is 2.12. The maximum absolute atomic E-state index is 12.1. The Morgan fingerprint density at radius 1 is 1.17 bits per heavy atom. The van der Waals surface area contributed by atoms with Crippen molar-refractivity contribution in [1.82, 2.24) is 10.9 Å². The maximum atomic E-state index is 12.1. The summed E-state index contributed by atoms with van der Waals surface area (Å²) in [5.74, 6) is -4.72. The molecular weight excluding hydrogens is 270 g/mol. The van der Waals surface area contributed by atoms with Crippen LogP contribution in [-0.2, 0) is 4.79 Å². The zero-order chi connectivity index (χ0) is 14.6. The molecule has 108 valence electrons. The molecule has 0 aliphatic heterocycles. The number of carbonyl (C=O) groups is 1. The lowest BCUT2D eigenvalue weighted by Gasteiger charge is -2.23. The van der Waals surface area contributed by atoms with E-state index in [2.05, 4.69) is 5.43 Å². The molecule has 0 spiro atoms. The van der Waals surface area contributed by atoms with Gasteiger partial charge in [0.1, 0.15) is 6.04 Å². The average molecular weight is 282 g/mol. The summed E-state index contributed by atoms with van der Waals surface area (Å²) in [5.41, 5.74) is 4.07. The second kappa shape index (κ2) is 6.23. The van der Waals surface area contributed by atoms with Crippen molar-refractivity contribution < 1.29 is 36.2 Å². The fourth-order valence-electron chi connectivity index (χ4n) is 1.02. The van der Waals surface area contributed by atoms with E-state index in [0.29, 0.717) is 0 Å². The predicted octanol–water partition coefficient (Wildman–Crippen LogP) is 1.68.